The molecule has 1 heteroatoms. The van der Waals surface area contributed by atoms with E-state index in [0.29, 0.717) is 6.10 Å². The molecular weight excluding hydrogens is 388 g/mol. The summed E-state index contributed by atoms with van der Waals surface area (Å²) in [5.41, 5.74) is 0. The van der Waals surface area contributed by atoms with Crippen LogP contribution in [0, 0.1) is 41.4 Å². The Bertz CT molecular complexity index is 559. The van der Waals surface area contributed by atoms with Crippen molar-refractivity contribution in [1.82, 2.24) is 0 Å². The topological polar surface area (TPSA) is 9.23 Å². The van der Waals surface area contributed by atoms with E-state index < -0.39 is 0 Å². The second-order valence-electron chi connectivity index (χ2n) is 11.9. The van der Waals surface area contributed by atoms with Crippen molar-refractivity contribution in [2.45, 2.75) is 123 Å². The average molecular weight is 441 g/mol. The zero-order valence-electron chi connectivity index (χ0n) is 21.4. The summed E-state index contributed by atoms with van der Waals surface area (Å²) in [7, 11) is 0. The van der Waals surface area contributed by atoms with Crippen molar-refractivity contribution in [3.8, 4) is 0 Å². The molecule has 4 aliphatic carbocycles. The van der Waals surface area contributed by atoms with Gasteiger partial charge in [0.1, 0.15) is 0 Å². The molecule has 4 fully saturated rings. The first-order chi connectivity index (χ1) is 15.7. The fourth-order valence-corrected chi connectivity index (χ4v) is 7.98. The maximum absolute atomic E-state index is 5.82. The van der Waals surface area contributed by atoms with Gasteiger partial charge in [-0.15, -0.1) is 0 Å². The third-order valence-corrected chi connectivity index (χ3v) is 10.0. The number of allylic oxidation sites excluding steroid dienone is 4. The molecule has 4 saturated carbocycles. The monoisotopic (exact) mass is 440 g/mol. The molecule has 0 saturated heterocycles. The smallest absolute Gasteiger partial charge is 0.0575 e. The van der Waals surface area contributed by atoms with Gasteiger partial charge in [-0.25, -0.2) is 0 Å². The highest BCUT2D eigenvalue weighted by Gasteiger charge is 2.34. The summed E-state index contributed by atoms with van der Waals surface area (Å²) >= 11 is 0. The van der Waals surface area contributed by atoms with Crippen molar-refractivity contribution in [2.24, 2.45) is 41.4 Å². The van der Waals surface area contributed by atoms with Crippen molar-refractivity contribution in [3.05, 3.63) is 24.3 Å². The van der Waals surface area contributed by atoms with Crippen LogP contribution in [0.3, 0.4) is 0 Å². The fourth-order valence-electron chi connectivity index (χ4n) is 7.98. The van der Waals surface area contributed by atoms with E-state index in [1.165, 1.54) is 77.0 Å². The Morgan fingerprint density at radius 3 is 1.22 bits per heavy atom. The molecule has 0 spiro atoms. The lowest BCUT2D eigenvalue weighted by molar-refractivity contribution is 0.0302. The molecule has 4 aliphatic rings. The Morgan fingerprint density at radius 2 is 0.844 bits per heavy atom. The SMILES string of the molecule is C/C=C/C1CCC(C2CCC(C3CCC(/C=C/C4CCC(OCC)CC4)CC3)CC2)CC1. The van der Waals surface area contributed by atoms with Crippen LogP contribution in [0.2, 0.25) is 0 Å². The first-order valence-corrected chi connectivity index (χ1v) is 14.7. The maximum atomic E-state index is 5.82. The van der Waals surface area contributed by atoms with Crippen LogP contribution < -0.4 is 0 Å². The van der Waals surface area contributed by atoms with Crippen LogP contribution >= 0.6 is 0 Å². The highest BCUT2D eigenvalue weighted by atomic mass is 16.5. The lowest BCUT2D eigenvalue weighted by atomic mass is 9.65. The van der Waals surface area contributed by atoms with Gasteiger partial charge in [-0.3, -0.25) is 0 Å². The summed E-state index contributed by atoms with van der Waals surface area (Å²) in [6, 6.07) is 0. The van der Waals surface area contributed by atoms with E-state index in [0.717, 1.165) is 48.0 Å². The molecule has 0 aromatic rings. The molecule has 0 heterocycles. The van der Waals surface area contributed by atoms with Gasteiger partial charge in [-0.1, -0.05) is 24.3 Å². The first kappa shape index (κ1) is 24.6. The van der Waals surface area contributed by atoms with Crippen LogP contribution in [0.1, 0.15) is 117 Å². The molecule has 0 amide bonds. The summed E-state index contributed by atoms with van der Waals surface area (Å²) in [4.78, 5) is 0. The highest BCUT2D eigenvalue weighted by Crippen LogP contribution is 2.46. The van der Waals surface area contributed by atoms with Crippen molar-refractivity contribution in [2.75, 3.05) is 6.61 Å². The van der Waals surface area contributed by atoms with Crippen molar-refractivity contribution in [3.63, 3.8) is 0 Å². The number of ether oxygens (including phenoxy) is 1. The predicted octanol–water partition coefficient (Wildman–Crippen LogP) is 9.13. The van der Waals surface area contributed by atoms with E-state index in [4.69, 9.17) is 4.74 Å². The molecule has 4 rings (SSSR count). The molecule has 0 unspecified atom stereocenters. The van der Waals surface area contributed by atoms with E-state index >= 15 is 0 Å². The molecule has 0 atom stereocenters. The molecule has 0 bridgehead atoms. The van der Waals surface area contributed by atoms with Gasteiger partial charge in [0.25, 0.3) is 0 Å². The maximum Gasteiger partial charge on any atom is 0.0575 e. The lowest BCUT2D eigenvalue weighted by Gasteiger charge is -2.41. The van der Waals surface area contributed by atoms with E-state index in [9.17, 15) is 0 Å². The van der Waals surface area contributed by atoms with Crippen LogP contribution in [0.4, 0.5) is 0 Å². The molecule has 0 radical (unpaired) electrons. The van der Waals surface area contributed by atoms with Gasteiger partial charge in [-0.2, -0.15) is 0 Å². The van der Waals surface area contributed by atoms with Crippen molar-refractivity contribution < 1.29 is 4.74 Å². The second-order valence-corrected chi connectivity index (χ2v) is 11.9. The molecule has 0 N–H and O–H groups in total. The van der Waals surface area contributed by atoms with Gasteiger partial charge >= 0.3 is 0 Å². The summed E-state index contributed by atoms with van der Waals surface area (Å²) < 4.78 is 5.82. The molecule has 1 nitrogen and oxygen atoms in total. The van der Waals surface area contributed by atoms with Crippen molar-refractivity contribution >= 4 is 0 Å². The minimum Gasteiger partial charge on any atom is -0.379 e. The van der Waals surface area contributed by atoms with Gasteiger partial charge in [0, 0.05) is 6.61 Å². The number of hydrogen-bond donors (Lipinski definition) is 0. The van der Waals surface area contributed by atoms with Crippen LogP contribution in [0.15, 0.2) is 24.3 Å². The zero-order valence-corrected chi connectivity index (χ0v) is 21.4. The first-order valence-electron chi connectivity index (χ1n) is 14.7. The average Bonchev–Trinajstić information content (AvgIpc) is 2.85. The van der Waals surface area contributed by atoms with Gasteiger partial charge in [0.05, 0.1) is 6.10 Å². The molecule has 0 aromatic heterocycles. The Kier molecular flexibility index (Phi) is 9.81. The van der Waals surface area contributed by atoms with E-state index in [-0.39, 0.29) is 0 Å². The summed E-state index contributed by atoms with van der Waals surface area (Å²) in [6.07, 6.45) is 33.8. The number of rotatable bonds is 7. The summed E-state index contributed by atoms with van der Waals surface area (Å²) in [6.45, 7) is 5.20. The molecule has 0 aromatic carbocycles. The second kappa shape index (κ2) is 12.8. The summed E-state index contributed by atoms with van der Waals surface area (Å²) in [5.74, 6) is 6.82. The largest absolute Gasteiger partial charge is 0.379 e. The lowest BCUT2D eigenvalue weighted by Crippen LogP contribution is -2.29. The molecule has 0 aliphatic heterocycles. The third-order valence-electron chi connectivity index (χ3n) is 10.0. The van der Waals surface area contributed by atoms with Crippen LogP contribution in [0.5, 0.6) is 0 Å². The van der Waals surface area contributed by atoms with Crippen LogP contribution in [0.25, 0.3) is 0 Å². The van der Waals surface area contributed by atoms with Gasteiger partial charge in [-0.05, 0) is 158 Å². The minimum absolute atomic E-state index is 0.545. The Labute approximate surface area is 199 Å². The zero-order chi connectivity index (χ0) is 22.2. The fraction of sp³-hybridized carbons (Fsp3) is 0.871. The molecular formula is C31H52O. The van der Waals surface area contributed by atoms with Crippen molar-refractivity contribution in [1.29, 1.82) is 0 Å². The standard InChI is InChI=1S/C31H52O/c1-3-5-24-8-14-27(15-9-24)29-18-20-30(21-19-29)28-16-10-25(11-17-28)6-7-26-12-22-31(23-13-26)32-4-2/h3,5-7,24-31H,4,8-23H2,1-2H3/b5-3+,7-6+. The normalized spacial score (nSPS) is 41.9. The Balaban J connectivity index is 1.12. The van der Waals surface area contributed by atoms with Gasteiger partial charge in [0.15, 0.2) is 0 Å². The Morgan fingerprint density at radius 1 is 0.500 bits per heavy atom. The van der Waals surface area contributed by atoms with Crippen LogP contribution in [-0.4, -0.2) is 12.7 Å². The van der Waals surface area contributed by atoms with Gasteiger partial charge in [0.2, 0.25) is 0 Å². The predicted molar refractivity (Wildman–Crippen MR) is 138 cm³/mol. The molecule has 32 heavy (non-hydrogen) atoms. The third kappa shape index (κ3) is 6.97. The van der Waals surface area contributed by atoms with Gasteiger partial charge < -0.3 is 4.74 Å². The molecule has 182 valence electrons. The highest BCUT2D eigenvalue weighted by molar-refractivity contribution is 4.97. The number of hydrogen-bond acceptors (Lipinski definition) is 1. The minimum atomic E-state index is 0.545. The van der Waals surface area contributed by atoms with E-state index in [1.54, 1.807) is 25.7 Å². The Hall–Kier alpha value is -0.560. The quantitative estimate of drug-likeness (QED) is 0.359. The summed E-state index contributed by atoms with van der Waals surface area (Å²) in [5, 5.41) is 0. The van der Waals surface area contributed by atoms with Crippen LogP contribution in [-0.2, 0) is 4.74 Å². The van der Waals surface area contributed by atoms with E-state index in [2.05, 4.69) is 38.2 Å². The van der Waals surface area contributed by atoms with E-state index in [1.807, 2.05) is 0 Å².